The monoisotopic (exact) mass is 231 g/mol. The number of nitrogens with two attached hydrogens (primary N) is 1. The van der Waals surface area contributed by atoms with Crippen LogP contribution < -0.4 is 5.73 Å². The second-order valence-electron chi connectivity index (χ2n) is 4.25. The lowest BCUT2D eigenvalue weighted by Gasteiger charge is -2.17. The summed E-state index contributed by atoms with van der Waals surface area (Å²) in [7, 11) is 1.82. The Labute approximate surface area is 101 Å². The van der Waals surface area contributed by atoms with Gasteiger partial charge in [-0.1, -0.05) is 30.3 Å². The molecule has 1 aromatic carbocycles. The van der Waals surface area contributed by atoms with Crippen molar-refractivity contribution in [2.24, 2.45) is 12.8 Å². The molecule has 2 atom stereocenters. The zero-order chi connectivity index (χ0) is 12.3. The second kappa shape index (κ2) is 5.12. The maximum absolute atomic E-state index is 10.1. The minimum Gasteiger partial charge on any atom is -0.387 e. The summed E-state index contributed by atoms with van der Waals surface area (Å²) < 4.78 is 1.66. The van der Waals surface area contributed by atoms with Crippen LogP contribution in [0.5, 0.6) is 0 Å². The van der Waals surface area contributed by atoms with Gasteiger partial charge in [-0.15, -0.1) is 0 Å². The maximum atomic E-state index is 10.1. The van der Waals surface area contributed by atoms with Crippen molar-refractivity contribution in [3.63, 3.8) is 0 Å². The highest BCUT2D eigenvalue weighted by Crippen LogP contribution is 2.17. The Hall–Kier alpha value is -1.65. The zero-order valence-electron chi connectivity index (χ0n) is 9.82. The van der Waals surface area contributed by atoms with E-state index in [-0.39, 0.29) is 6.04 Å². The Kier molecular flexibility index (Phi) is 3.56. The molecule has 3 N–H and O–H groups in total. The number of hydrogen-bond donors (Lipinski definition) is 2. The molecule has 0 amide bonds. The molecule has 0 fully saturated rings. The van der Waals surface area contributed by atoms with Gasteiger partial charge in [-0.2, -0.15) is 5.10 Å². The van der Waals surface area contributed by atoms with Gasteiger partial charge < -0.3 is 10.8 Å². The molecule has 2 unspecified atom stereocenters. The van der Waals surface area contributed by atoms with Crippen LogP contribution in [-0.2, 0) is 13.5 Å². The van der Waals surface area contributed by atoms with Crippen LogP contribution >= 0.6 is 0 Å². The fourth-order valence-corrected chi connectivity index (χ4v) is 1.84. The normalized spacial score (nSPS) is 14.5. The first kappa shape index (κ1) is 11.8. The molecular formula is C13H17N3O. The predicted octanol–water partition coefficient (Wildman–Crippen LogP) is 1.02. The van der Waals surface area contributed by atoms with Gasteiger partial charge >= 0.3 is 0 Å². The molecule has 1 aromatic heterocycles. The van der Waals surface area contributed by atoms with Gasteiger partial charge in [0.25, 0.3) is 0 Å². The molecule has 0 aliphatic heterocycles. The average molecular weight is 231 g/mol. The van der Waals surface area contributed by atoms with Gasteiger partial charge in [0, 0.05) is 24.8 Å². The van der Waals surface area contributed by atoms with E-state index >= 15 is 0 Å². The van der Waals surface area contributed by atoms with E-state index < -0.39 is 6.10 Å². The maximum Gasteiger partial charge on any atom is 0.0974 e. The minimum atomic E-state index is -0.677. The van der Waals surface area contributed by atoms with Crippen LogP contribution in [-0.4, -0.2) is 20.9 Å². The van der Waals surface area contributed by atoms with Gasteiger partial charge in [-0.3, -0.25) is 4.68 Å². The summed E-state index contributed by atoms with van der Waals surface area (Å²) >= 11 is 0. The van der Waals surface area contributed by atoms with E-state index in [2.05, 4.69) is 5.10 Å². The molecule has 0 aliphatic carbocycles. The molecule has 2 rings (SSSR count). The van der Waals surface area contributed by atoms with E-state index in [1.54, 1.807) is 17.1 Å². The molecular weight excluding hydrogens is 214 g/mol. The zero-order valence-corrected chi connectivity index (χ0v) is 9.82. The number of aliphatic hydroxyl groups excluding tert-OH is 1. The minimum absolute atomic E-state index is 0.318. The molecule has 2 aromatic rings. The Morgan fingerprint density at radius 2 is 2.06 bits per heavy atom. The van der Waals surface area contributed by atoms with Crippen LogP contribution in [0, 0.1) is 0 Å². The molecule has 0 spiro atoms. The largest absolute Gasteiger partial charge is 0.387 e. The summed E-state index contributed by atoms with van der Waals surface area (Å²) in [6, 6.07) is 9.61. The average Bonchev–Trinajstić information content (AvgIpc) is 2.76. The fourth-order valence-electron chi connectivity index (χ4n) is 1.84. The molecule has 1 heterocycles. The molecule has 0 radical (unpaired) electrons. The first-order valence-electron chi connectivity index (χ1n) is 5.63. The first-order valence-corrected chi connectivity index (χ1v) is 5.63. The van der Waals surface area contributed by atoms with Crippen LogP contribution in [0.15, 0.2) is 42.7 Å². The Bertz CT molecular complexity index is 467. The van der Waals surface area contributed by atoms with E-state index in [0.717, 1.165) is 11.1 Å². The number of rotatable bonds is 4. The van der Waals surface area contributed by atoms with Crippen molar-refractivity contribution in [1.82, 2.24) is 9.78 Å². The van der Waals surface area contributed by atoms with E-state index in [9.17, 15) is 5.11 Å². The van der Waals surface area contributed by atoms with E-state index in [0.29, 0.717) is 6.42 Å². The van der Waals surface area contributed by atoms with Gasteiger partial charge in [0.1, 0.15) is 0 Å². The third kappa shape index (κ3) is 2.93. The highest BCUT2D eigenvalue weighted by atomic mass is 16.3. The second-order valence-corrected chi connectivity index (χ2v) is 4.25. The van der Waals surface area contributed by atoms with Crippen molar-refractivity contribution in [3.05, 3.63) is 53.9 Å². The summed E-state index contributed by atoms with van der Waals surface area (Å²) in [5.41, 5.74) is 7.89. The standard InChI is InChI=1S/C13H17N3O/c1-16-9-11(8-15-16)13(17)12(14)7-10-5-3-2-4-6-10/h2-6,8-9,12-13,17H,7,14H2,1H3. The number of aliphatic hydroxyl groups is 1. The van der Waals surface area contributed by atoms with Crippen molar-refractivity contribution < 1.29 is 5.11 Å². The molecule has 0 aliphatic rings. The van der Waals surface area contributed by atoms with E-state index in [4.69, 9.17) is 5.73 Å². The van der Waals surface area contributed by atoms with Crippen molar-refractivity contribution in [1.29, 1.82) is 0 Å². The van der Waals surface area contributed by atoms with Crippen LogP contribution in [0.1, 0.15) is 17.2 Å². The summed E-state index contributed by atoms with van der Waals surface area (Å²) in [5, 5.41) is 14.1. The summed E-state index contributed by atoms with van der Waals surface area (Å²) in [4.78, 5) is 0. The summed E-state index contributed by atoms with van der Waals surface area (Å²) in [6.45, 7) is 0. The van der Waals surface area contributed by atoms with Crippen molar-refractivity contribution in [2.45, 2.75) is 18.6 Å². The van der Waals surface area contributed by atoms with Crippen LogP contribution in [0.25, 0.3) is 0 Å². The van der Waals surface area contributed by atoms with E-state index in [1.807, 2.05) is 37.4 Å². The molecule has 4 heteroatoms. The van der Waals surface area contributed by atoms with Gasteiger partial charge in [-0.25, -0.2) is 0 Å². The SMILES string of the molecule is Cn1cc(C(O)C(N)Cc2ccccc2)cn1. The van der Waals surface area contributed by atoms with Gasteiger partial charge in [-0.05, 0) is 12.0 Å². The Morgan fingerprint density at radius 3 is 2.65 bits per heavy atom. The molecule has 0 saturated carbocycles. The van der Waals surface area contributed by atoms with Crippen LogP contribution in [0.3, 0.4) is 0 Å². The number of hydrogen-bond acceptors (Lipinski definition) is 3. The molecule has 0 bridgehead atoms. The molecule has 4 nitrogen and oxygen atoms in total. The number of aromatic nitrogens is 2. The Morgan fingerprint density at radius 1 is 1.35 bits per heavy atom. The molecule has 17 heavy (non-hydrogen) atoms. The lowest BCUT2D eigenvalue weighted by Crippen LogP contribution is -2.30. The summed E-state index contributed by atoms with van der Waals surface area (Å²) in [5.74, 6) is 0. The highest BCUT2D eigenvalue weighted by molar-refractivity contribution is 5.18. The van der Waals surface area contributed by atoms with Crippen molar-refractivity contribution in [3.8, 4) is 0 Å². The molecule has 0 saturated heterocycles. The molecule has 90 valence electrons. The van der Waals surface area contributed by atoms with Gasteiger partial charge in [0.05, 0.1) is 12.3 Å². The number of nitrogens with zero attached hydrogens (tertiary/aromatic N) is 2. The fraction of sp³-hybridized carbons (Fsp3) is 0.308. The van der Waals surface area contributed by atoms with Crippen LogP contribution in [0.4, 0.5) is 0 Å². The van der Waals surface area contributed by atoms with Crippen LogP contribution in [0.2, 0.25) is 0 Å². The first-order chi connectivity index (χ1) is 8.16. The summed E-state index contributed by atoms with van der Waals surface area (Å²) in [6.07, 6.45) is 3.41. The highest BCUT2D eigenvalue weighted by Gasteiger charge is 2.18. The topological polar surface area (TPSA) is 64.1 Å². The quantitative estimate of drug-likeness (QED) is 0.826. The number of benzene rings is 1. The smallest absolute Gasteiger partial charge is 0.0974 e. The Balaban J connectivity index is 2.03. The van der Waals surface area contributed by atoms with Crippen molar-refractivity contribution in [2.75, 3.05) is 0 Å². The lowest BCUT2D eigenvalue weighted by molar-refractivity contribution is 0.146. The lowest BCUT2D eigenvalue weighted by atomic mass is 9.99. The third-order valence-electron chi connectivity index (χ3n) is 2.79. The third-order valence-corrected chi connectivity index (χ3v) is 2.79. The predicted molar refractivity (Wildman–Crippen MR) is 66.3 cm³/mol. The number of aryl methyl sites for hydroxylation is 1. The van der Waals surface area contributed by atoms with Gasteiger partial charge in [0.2, 0.25) is 0 Å². The van der Waals surface area contributed by atoms with Crippen molar-refractivity contribution >= 4 is 0 Å². The van der Waals surface area contributed by atoms with E-state index in [1.165, 1.54) is 0 Å². The van der Waals surface area contributed by atoms with Gasteiger partial charge in [0.15, 0.2) is 0 Å².